The van der Waals surface area contributed by atoms with E-state index in [1.54, 1.807) is 25.3 Å². The number of carbonyl (C=O) groups excluding carboxylic acids is 1. The van der Waals surface area contributed by atoms with Gasteiger partial charge in [-0.2, -0.15) is 0 Å². The molecule has 226 valence electrons. The SMILES string of the molecule is C=CCC1(S(=O)(=O)n2cc(C)c3c(C(=O)NCc4c(OC)cc(C)[nH]c4=O)cc(N4CCC(N(C)C)CC4)cc32)CC1. The van der Waals surface area contributed by atoms with Gasteiger partial charge in [0, 0.05) is 42.1 Å². The van der Waals surface area contributed by atoms with E-state index in [1.165, 1.54) is 11.1 Å². The van der Waals surface area contributed by atoms with Crippen LogP contribution in [0.15, 0.2) is 41.8 Å². The van der Waals surface area contributed by atoms with Crippen LogP contribution in [0.3, 0.4) is 0 Å². The van der Waals surface area contributed by atoms with Gasteiger partial charge in [0.1, 0.15) is 5.75 Å². The predicted molar refractivity (Wildman–Crippen MR) is 166 cm³/mol. The maximum absolute atomic E-state index is 14.0. The molecule has 2 aliphatic rings. The Balaban J connectivity index is 1.59. The molecule has 3 aromatic rings. The first-order valence-corrected chi connectivity index (χ1v) is 15.8. The summed E-state index contributed by atoms with van der Waals surface area (Å²) in [4.78, 5) is 33.7. The zero-order valence-electron chi connectivity index (χ0n) is 25.1. The van der Waals surface area contributed by atoms with Crippen molar-refractivity contribution in [3.8, 4) is 5.75 Å². The van der Waals surface area contributed by atoms with E-state index in [9.17, 15) is 18.0 Å². The zero-order chi connectivity index (χ0) is 30.4. The fourth-order valence-electron chi connectivity index (χ4n) is 6.19. The number of hydrogen-bond donors (Lipinski definition) is 2. The first kappa shape index (κ1) is 29.9. The number of methoxy groups -OCH3 is 1. The minimum absolute atomic E-state index is 0.0436. The van der Waals surface area contributed by atoms with Crippen LogP contribution in [0.25, 0.3) is 10.9 Å². The summed E-state index contributed by atoms with van der Waals surface area (Å²) >= 11 is 0. The Labute approximate surface area is 247 Å². The van der Waals surface area contributed by atoms with Crippen molar-refractivity contribution < 1.29 is 17.9 Å². The summed E-state index contributed by atoms with van der Waals surface area (Å²) in [5.74, 6) is 0.00196. The van der Waals surface area contributed by atoms with Gasteiger partial charge in [-0.15, -0.1) is 6.58 Å². The number of aromatic amines is 1. The number of allylic oxidation sites excluding steroid dienone is 1. The van der Waals surface area contributed by atoms with E-state index in [0.717, 1.165) is 31.6 Å². The van der Waals surface area contributed by atoms with Crippen LogP contribution < -0.4 is 20.5 Å². The van der Waals surface area contributed by atoms with Gasteiger partial charge in [-0.1, -0.05) is 6.08 Å². The number of H-pyrrole nitrogens is 1. The summed E-state index contributed by atoms with van der Waals surface area (Å²) in [5.41, 5.74) is 3.00. The van der Waals surface area contributed by atoms with E-state index in [4.69, 9.17) is 4.74 Å². The van der Waals surface area contributed by atoms with Crippen LogP contribution in [0, 0.1) is 13.8 Å². The standard InChI is InChI=1S/C31H41N5O5S/c1-7-10-31(11-12-31)42(39,40)36-19-20(2)28-24(29(37)32-18-25-27(41-6)15-21(3)33-30(25)38)16-23(17-26(28)36)35-13-8-22(9-14-35)34(4)5/h7,15-17,19,22H,1,8-14,18H2,2-6H3,(H,32,37)(H,33,38). The molecule has 1 aliphatic heterocycles. The van der Waals surface area contributed by atoms with E-state index in [1.807, 2.05) is 19.1 Å². The van der Waals surface area contributed by atoms with E-state index in [-0.39, 0.29) is 12.1 Å². The molecule has 1 amide bonds. The minimum atomic E-state index is -3.75. The highest BCUT2D eigenvalue weighted by Crippen LogP contribution is 2.49. The molecule has 10 nitrogen and oxygen atoms in total. The number of aromatic nitrogens is 2. The van der Waals surface area contributed by atoms with Crippen molar-refractivity contribution in [1.29, 1.82) is 0 Å². The number of fused-ring (bicyclic) bond motifs is 1. The van der Waals surface area contributed by atoms with E-state index in [2.05, 4.69) is 40.8 Å². The van der Waals surface area contributed by atoms with E-state index >= 15 is 0 Å². The second kappa shape index (κ2) is 11.3. The predicted octanol–water partition coefficient (Wildman–Crippen LogP) is 3.70. The zero-order valence-corrected chi connectivity index (χ0v) is 25.9. The number of aryl methyl sites for hydroxylation is 2. The Kier molecular flexibility index (Phi) is 8.02. The maximum Gasteiger partial charge on any atom is 0.256 e. The van der Waals surface area contributed by atoms with Crippen molar-refractivity contribution in [2.75, 3.05) is 39.2 Å². The highest BCUT2D eigenvalue weighted by atomic mass is 32.2. The lowest BCUT2D eigenvalue weighted by atomic mass is 10.0. The quantitative estimate of drug-likeness (QED) is 0.343. The molecule has 1 aromatic carbocycles. The van der Waals surface area contributed by atoms with Gasteiger partial charge in [-0.25, -0.2) is 12.4 Å². The van der Waals surface area contributed by atoms with Crippen LogP contribution in [0.5, 0.6) is 5.75 Å². The summed E-state index contributed by atoms with van der Waals surface area (Å²) in [7, 11) is 1.90. The van der Waals surface area contributed by atoms with Crippen molar-refractivity contribution in [2.45, 2.75) is 63.3 Å². The van der Waals surface area contributed by atoms with Crippen LogP contribution >= 0.6 is 0 Å². The third-order valence-electron chi connectivity index (χ3n) is 8.86. The monoisotopic (exact) mass is 595 g/mol. The molecule has 3 heterocycles. The third kappa shape index (κ3) is 5.24. The first-order chi connectivity index (χ1) is 19.9. The second-order valence-corrected chi connectivity index (χ2v) is 14.1. The second-order valence-electron chi connectivity index (χ2n) is 11.9. The van der Waals surface area contributed by atoms with Crippen molar-refractivity contribution in [1.82, 2.24) is 19.2 Å². The van der Waals surface area contributed by atoms with Crippen LogP contribution in [-0.2, 0) is 16.6 Å². The number of carbonyl (C=O) groups is 1. The molecule has 2 aromatic heterocycles. The molecule has 0 atom stereocenters. The van der Waals surface area contributed by atoms with Gasteiger partial charge in [0.15, 0.2) is 0 Å². The summed E-state index contributed by atoms with van der Waals surface area (Å²) in [6, 6.07) is 5.94. The van der Waals surface area contributed by atoms with Crippen LogP contribution in [-0.4, -0.2) is 73.3 Å². The number of anilines is 1. The van der Waals surface area contributed by atoms with Gasteiger partial charge in [-0.05, 0) is 83.8 Å². The lowest BCUT2D eigenvalue weighted by molar-refractivity contribution is 0.0952. The van der Waals surface area contributed by atoms with Crippen LogP contribution in [0.4, 0.5) is 5.69 Å². The Bertz CT molecular complexity index is 1690. The average Bonchev–Trinajstić information content (AvgIpc) is 3.68. The van der Waals surface area contributed by atoms with Gasteiger partial charge in [-0.3, -0.25) is 9.59 Å². The molecule has 1 saturated carbocycles. The topological polar surface area (TPSA) is 117 Å². The molecule has 1 saturated heterocycles. The third-order valence-corrected chi connectivity index (χ3v) is 11.3. The molecule has 1 aliphatic carbocycles. The Hall–Kier alpha value is -3.57. The number of hydrogen-bond acceptors (Lipinski definition) is 7. The number of amides is 1. The van der Waals surface area contributed by atoms with Crippen LogP contribution in [0.1, 0.15) is 59.3 Å². The average molecular weight is 596 g/mol. The Morgan fingerprint density at radius 1 is 1.21 bits per heavy atom. The number of benzene rings is 1. The number of piperidine rings is 1. The molecule has 11 heteroatoms. The summed E-state index contributed by atoms with van der Waals surface area (Å²) in [6.45, 7) is 8.92. The minimum Gasteiger partial charge on any atom is -0.496 e. The number of pyridine rings is 1. The molecule has 2 N–H and O–H groups in total. The summed E-state index contributed by atoms with van der Waals surface area (Å²) in [6.07, 6.45) is 6.77. The number of nitrogens with zero attached hydrogens (tertiary/aromatic N) is 3. The fourth-order valence-corrected chi connectivity index (χ4v) is 8.25. The lowest BCUT2D eigenvalue weighted by Gasteiger charge is -2.36. The highest BCUT2D eigenvalue weighted by Gasteiger charge is 2.54. The van der Waals surface area contributed by atoms with Gasteiger partial charge in [0.25, 0.3) is 11.5 Å². The van der Waals surface area contributed by atoms with Crippen molar-refractivity contribution >= 4 is 32.5 Å². The molecule has 0 spiro atoms. The molecular formula is C31H41N5O5S. The van der Waals surface area contributed by atoms with Gasteiger partial charge in [0.05, 0.1) is 35.0 Å². The summed E-state index contributed by atoms with van der Waals surface area (Å²) < 4.78 is 33.9. The Morgan fingerprint density at radius 2 is 1.90 bits per heavy atom. The largest absolute Gasteiger partial charge is 0.496 e. The molecule has 0 unspecified atom stereocenters. The van der Waals surface area contributed by atoms with Crippen molar-refractivity contribution in [3.63, 3.8) is 0 Å². The maximum atomic E-state index is 14.0. The lowest BCUT2D eigenvalue weighted by Crippen LogP contribution is -2.42. The first-order valence-electron chi connectivity index (χ1n) is 14.4. The van der Waals surface area contributed by atoms with E-state index in [0.29, 0.717) is 64.3 Å². The fraction of sp³-hybridized carbons (Fsp3) is 0.484. The smallest absolute Gasteiger partial charge is 0.256 e. The van der Waals surface area contributed by atoms with Crippen LogP contribution in [0.2, 0.25) is 0 Å². The van der Waals surface area contributed by atoms with Crippen molar-refractivity contribution in [2.24, 2.45) is 0 Å². The van der Waals surface area contributed by atoms with E-state index < -0.39 is 20.7 Å². The molecular weight excluding hydrogens is 554 g/mol. The van der Waals surface area contributed by atoms with Gasteiger partial charge >= 0.3 is 0 Å². The van der Waals surface area contributed by atoms with Gasteiger partial charge in [0.2, 0.25) is 10.0 Å². The summed E-state index contributed by atoms with van der Waals surface area (Å²) in [5, 5.41) is 3.48. The number of nitrogens with one attached hydrogen (secondary N) is 2. The normalized spacial score (nSPS) is 17.0. The molecule has 5 rings (SSSR count). The molecule has 42 heavy (non-hydrogen) atoms. The Morgan fingerprint density at radius 3 is 2.50 bits per heavy atom. The molecule has 0 radical (unpaired) electrons. The number of ether oxygens (including phenoxy) is 1. The van der Waals surface area contributed by atoms with Gasteiger partial charge < -0.3 is 24.8 Å². The number of rotatable bonds is 10. The molecule has 0 bridgehead atoms. The highest BCUT2D eigenvalue weighted by molar-refractivity contribution is 7.91. The van der Waals surface area contributed by atoms with Crippen molar-refractivity contribution in [3.05, 3.63) is 69.8 Å². The molecule has 2 fully saturated rings.